The maximum atomic E-state index is 12.9. The fraction of sp³-hybridized carbons (Fsp3) is 0.467. The van der Waals surface area contributed by atoms with Crippen LogP contribution in [0.4, 0.5) is 13.2 Å². The van der Waals surface area contributed by atoms with Crippen LogP contribution in [0.3, 0.4) is 0 Å². The standard InChI is InChI=1S/C30H37F3N2O3/c1-8-37-28(36)29(6,7)38-27-16-12-23(17-21(27)5)20(4)9-15-25-18-26(34-35(25)19(2)3)22-10-13-24(14-11-22)30(31,32)33/h10-14,16-20H,8-9,15H2,1-7H3. The van der Waals surface area contributed by atoms with E-state index in [4.69, 9.17) is 14.6 Å². The van der Waals surface area contributed by atoms with E-state index in [9.17, 15) is 18.0 Å². The van der Waals surface area contributed by atoms with Gasteiger partial charge in [0.15, 0.2) is 5.60 Å². The molecule has 206 valence electrons. The highest BCUT2D eigenvalue weighted by Gasteiger charge is 2.32. The lowest BCUT2D eigenvalue weighted by atomic mass is 9.93. The van der Waals surface area contributed by atoms with E-state index in [1.807, 2.05) is 43.7 Å². The Morgan fingerprint density at radius 3 is 2.24 bits per heavy atom. The first kappa shape index (κ1) is 29.3. The number of alkyl halides is 3. The summed E-state index contributed by atoms with van der Waals surface area (Å²) in [5.74, 6) is 0.471. The van der Waals surface area contributed by atoms with Gasteiger partial charge in [0.05, 0.1) is 17.9 Å². The van der Waals surface area contributed by atoms with Gasteiger partial charge in [-0.3, -0.25) is 4.68 Å². The SMILES string of the molecule is CCOC(=O)C(C)(C)Oc1ccc(C(C)CCc2cc(-c3ccc(C(F)(F)F)cc3)nn2C(C)C)cc1C. The summed E-state index contributed by atoms with van der Waals surface area (Å²) in [5.41, 5.74) is 2.68. The molecular formula is C30H37F3N2O3. The molecule has 0 amide bonds. The first-order valence-electron chi connectivity index (χ1n) is 13.0. The molecule has 1 aromatic heterocycles. The Morgan fingerprint density at radius 1 is 1.03 bits per heavy atom. The number of aromatic nitrogens is 2. The molecule has 0 saturated heterocycles. The number of aryl methyl sites for hydroxylation is 2. The average Bonchev–Trinajstić information content (AvgIpc) is 3.28. The lowest BCUT2D eigenvalue weighted by Gasteiger charge is -2.25. The van der Waals surface area contributed by atoms with Crippen LogP contribution in [0.5, 0.6) is 5.75 Å². The van der Waals surface area contributed by atoms with Crippen LogP contribution in [0.2, 0.25) is 0 Å². The molecule has 38 heavy (non-hydrogen) atoms. The second-order valence-corrected chi connectivity index (χ2v) is 10.4. The molecule has 2 aromatic carbocycles. The van der Waals surface area contributed by atoms with Gasteiger partial charge in [-0.05, 0) is 95.7 Å². The van der Waals surface area contributed by atoms with E-state index < -0.39 is 23.3 Å². The zero-order chi connectivity index (χ0) is 28.3. The molecule has 3 aromatic rings. The molecule has 0 radical (unpaired) electrons. The van der Waals surface area contributed by atoms with Crippen LogP contribution in [-0.2, 0) is 22.1 Å². The summed E-state index contributed by atoms with van der Waals surface area (Å²) in [6.45, 7) is 13.6. The van der Waals surface area contributed by atoms with Crippen molar-refractivity contribution >= 4 is 5.97 Å². The van der Waals surface area contributed by atoms with Crippen LogP contribution in [0.1, 0.15) is 82.3 Å². The Bertz CT molecular complexity index is 1240. The van der Waals surface area contributed by atoms with E-state index >= 15 is 0 Å². The van der Waals surface area contributed by atoms with E-state index in [2.05, 4.69) is 13.0 Å². The van der Waals surface area contributed by atoms with Gasteiger partial charge >= 0.3 is 12.1 Å². The molecule has 1 atom stereocenters. The summed E-state index contributed by atoms with van der Waals surface area (Å²) >= 11 is 0. The maximum Gasteiger partial charge on any atom is 0.416 e. The van der Waals surface area contributed by atoms with E-state index in [-0.39, 0.29) is 12.0 Å². The van der Waals surface area contributed by atoms with Gasteiger partial charge in [-0.2, -0.15) is 18.3 Å². The summed E-state index contributed by atoms with van der Waals surface area (Å²) in [4.78, 5) is 12.2. The zero-order valence-corrected chi connectivity index (χ0v) is 23.1. The number of rotatable bonds is 10. The predicted octanol–water partition coefficient (Wildman–Crippen LogP) is 7.92. The van der Waals surface area contributed by atoms with Crippen molar-refractivity contribution in [2.45, 2.75) is 85.0 Å². The second kappa shape index (κ2) is 11.6. The molecule has 0 N–H and O–H groups in total. The topological polar surface area (TPSA) is 53.4 Å². The number of halogens is 3. The van der Waals surface area contributed by atoms with Crippen LogP contribution in [0, 0.1) is 6.92 Å². The molecule has 1 unspecified atom stereocenters. The molecule has 0 bridgehead atoms. The molecule has 0 aliphatic carbocycles. The molecule has 0 aliphatic heterocycles. The van der Waals surface area contributed by atoms with E-state index in [0.717, 1.165) is 41.8 Å². The minimum Gasteiger partial charge on any atom is -0.476 e. The fourth-order valence-electron chi connectivity index (χ4n) is 4.28. The van der Waals surface area contributed by atoms with Gasteiger partial charge < -0.3 is 9.47 Å². The summed E-state index contributed by atoms with van der Waals surface area (Å²) in [6, 6.07) is 13.2. The minimum atomic E-state index is -4.36. The lowest BCUT2D eigenvalue weighted by molar-refractivity contribution is -0.158. The number of hydrogen-bond acceptors (Lipinski definition) is 4. The van der Waals surface area contributed by atoms with Gasteiger partial charge in [0, 0.05) is 17.3 Å². The van der Waals surface area contributed by atoms with Crippen LogP contribution in [-0.4, -0.2) is 28.0 Å². The molecule has 0 spiro atoms. The largest absolute Gasteiger partial charge is 0.476 e. The molecule has 0 aliphatic rings. The van der Waals surface area contributed by atoms with Gasteiger partial charge in [-0.25, -0.2) is 4.79 Å². The molecule has 0 fully saturated rings. The van der Waals surface area contributed by atoms with Gasteiger partial charge in [0.25, 0.3) is 0 Å². The van der Waals surface area contributed by atoms with Crippen LogP contribution in [0.15, 0.2) is 48.5 Å². The molecule has 8 heteroatoms. The second-order valence-electron chi connectivity index (χ2n) is 10.4. The predicted molar refractivity (Wildman–Crippen MR) is 142 cm³/mol. The van der Waals surface area contributed by atoms with Crippen molar-refractivity contribution in [1.82, 2.24) is 9.78 Å². The summed E-state index contributed by atoms with van der Waals surface area (Å²) in [6.07, 6.45) is -2.74. The molecule has 5 nitrogen and oxygen atoms in total. The number of nitrogens with zero attached hydrogens (tertiary/aromatic N) is 2. The van der Waals surface area contributed by atoms with E-state index in [0.29, 0.717) is 23.6 Å². The first-order chi connectivity index (χ1) is 17.7. The fourth-order valence-corrected chi connectivity index (χ4v) is 4.28. The third-order valence-corrected chi connectivity index (χ3v) is 6.54. The number of ether oxygens (including phenoxy) is 2. The lowest BCUT2D eigenvalue weighted by Crippen LogP contribution is -2.39. The average molecular weight is 531 g/mol. The quantitative estimate of drug-likeness (QED) is 0.250. The third kappa shape index (κ3) is 6.97. The number of hydrogen-bond donors (Lipinski definition) is 0. The van der Waals surface area contributed by atoms with Crippen molar-refractivity contribution in [2.75, 3.05) is 6.61 Å². The number of carbonyl (C=O) groups excluding carboxylic acids is 1. The molecular weight excluding hydrogens is 493 g/mol. The number of benzene rings is 2. The van der Waals surface area contributed by atoms with Gasteiger partial charge in [-0.1, -0.05) is 31.2 Å². The normalized spacial score (nSPS) is 13.0. The Hall–Kier alpha value is -3.29. The Balaban J connectivity index is 1.73. The van der Waals surface area contributed by atoms with Crippen molar-refractivity contribution in [1.29, 1.82) is 0 Å². The van der Waals surface area contributed by atoms with Gasteiger partial charge in [-0.15, -0.1) is 0 Å². The molecule has 3 rings (SSSR count). The van der Waals surface area contributed by atoms with Crippen LogP contribution in [0.25, 0.3) is 11.3 Å². The van der Waals surface area contributed by atoms with Crippen molar-refractivity contribution in [3.8, 4) is 17.0 Å². The monoisotopic (exact) mass is 530 g/mol. The molecule has 0 saturated carbocycles. The Morgan fingerprint density at radius 2 is 1.68 bits per heavy atom. The number of carbonyl (C=O) groups is 1. The third-order valence-electron chi connectivity index (χ3n) is 6.54. The Kier molecular flexibility index (Phi) is 8.95. The summed E-state index contributed by atoms with van der Waals surface area (Å²) < 4.78 is 51.9. The smallest absolute Gasteiger partial charge is 0.416 e. The molecule has 1 heterocycles. The summed E-state index contributed by atoms with van der Waals surface area (Å²) in [7, 11) is 0. The summed E-state index contributed by atoms with van der Waals surface area (Å²) in [5, 5.41) is 4.69. The van der Waals surface area contributed by atoms with Crippen molar-refractivity contribution < 1.29 is 27.4 Å². The minimum absolute atomic E-state index is 0.116. The van der Waals surface area contributed by atoms with Crippen LogP contribution < -0.4 is 4.74 Å². The first-order valence-corrected chi connectivity index (χ1v) is 13.0. The van der Waals surface area contributed by atoms with Crippen molar-refractivity contribution in [3.05, 3.63) is 70.9 Å². The van der Waals surface area contributed by atoms with Crippen LogP contribution >= 0.6 is 0 Å². The highest BCUT2D eigenvalue weighted by Crippen LogP contribution is 2.32. The highest BCUT2D eigenvalue weighted by atomic mass is 19.4. The number of esters is 1. The van der Waals surface area contributed by atoms with Gasteiger partial charge in [0.1, 0.15) is 5.75 Å². The van der Waals surface area contributed by atoms with E-state index in [1.54, 1.807) is 20.8 Å². The van der Waals surface area contributed by atoms with Gasteiger partial charge in [0.2, 0.25) is 0 Å². The van der Waals surface area contributed by atoms with Crippen molar-refractivity contribution in [3.63, 3.8) is 0 Å². The van der Waals surface area contributed by atoms with Crippen molar-refractivity contribution in [2.24, 2.45) is 0 Å². The zero-order valence-electron chi connectivity index (χ0n) is 23.1. The highest BCUT2D eigenvalue weighted by molar-refractivity contribution is 5.79. The Labute approximate surface area is 223 Å². The van der Waals surface area contributed by atoms with E-state index in [1.165, 1.54) is 12.1 Å². The maximum absolute atomic E-state index is 12.9.